The molecule has 2 nitrogen and oxygen atoms in total. The quantitative estimate of drug-likeness (QED) is 0.774. The van der Waals surface area contributed by atoms with E-state index in [1.807, 2.05) is 0 Å². The maximum atomic E-state index is 12.0. The summed E-state index contributed by atoms with van der Waals surface area (Å²) in [4.78, 5) is 12.7. The van der Waals surface area contributed by atoms with Gasteiger partial charge in [0.2, 0.25) is 5.78 Å². The van der Waals surface area contributed by atoms with Crippen LogP contribution in [0.2, 0.25) is 4.34 Å². The van der Waals surface area contributed by atoms with Crippen molar-refractivity contribution < 1.29 is 9.53 Å². The molecule has 1 aromatic heterocycles. The van der Waals surface area contributed by atoms with E-state index in [-0.39, 0.29) is 11.9 Å². The standard InChI is InChI=1S/C10H10BrClO2S/c11-6-5-8(15-10(6)12)9(13)7-3-1-2-4-14-7/h5,7H,1-4H2. The van der Waals surface area contributed by atoms with Crippen LogP contribution in [0.1, 0.15) is 28.9 Å². The van der Waals surface area contributed by atoms with Crippen LogP contribution >= 0.6 is 38.9 Å². The Hall–Kier alpha value is 0.1000. The lowest BCUT2D eigenvalue weighted by Gasteiger charge is -2.20. The minimum atomic E-state index is -0.264. The zero-order valence-corrected chi connectivity index (χ0v) is 11.1. The smallest absolute Gasteiger partial charge is 0.201 e. The van der Waals surface area contributed by atoms with Gasteiger partial charge in [0.1, 0.15) is 10.4 Å². The number of hydrogen-bond donors (Lipinski definition) is 0. The van der Waals surface area contributed by atoms with Gasteiger partial charge in [-0.05, 0) is 41.3 Å². The molecule has 5 heteroatoms. The first-order valence-corrected chi connectivity index (χ1v) is 6.78. The minimum absolute atomic E-state index is 0.0623. The van der Waals surface area contributed by atoms with Crippen molar-refractivity contribution in [2.24, 2.45) is 0 Å². The van der Waals surface area contributed by atoms with Crippen molar-refractivity contribution >= 4 is 44.7 Å². The molecule has 0 radical (unpaired) electrons. The van der Waals surface area contributed by atoms with Crippen LogP contribution in [-0.4, -0.2) is 18.5 Å². The average molecular weight is 310 g/mol. The molecule has 1 unspecified atom stereocenters. The van der Waals surface area contributed by atoms with Crippen LogP contribution in [0.3, 0.4) is 0 Å². The lowest BCUT2D eigenvalue weighted by atomic mass is 10.0. The Morgan fingerprint density at radius 1 is 1.60 bits per heavy atom. The molecule has 0 bridgehead atoms. The highest BCUT2D eigenvalue weighted by Crippen LogP contribution is 2.33. The number of ether oxygens (including phenoxy) is 1. The third-order valence-electron chi connectivity index (χ3n) is 2.36. The fraction of sp³-hybridized carbons (Fsp3) is 0.500. The molecule has 0 amide bonds. The first-order chi connectivity index (χ1) is 7.18. The van der Waals surface area contributed by atoms with E-state index in [9.17, 15) is 4.79 Å². The third kappa shape index (κ3) is 2.61. The molecule has 0 aliphatic carbocycles. The Labute approximate surface area is 106 Å². The second-order valence-electron chi connectivity index (χ2n) is 3.45. The Kier molecular flexibility index (Phi) is 3.83. The fourth-order valence-electron chi connectivity index (χ4n) is 1.57. The second kappa shape index (κ2) is 4.95. The third-order valence-corrected chi connectivity index (χ3v) is 4.85. The van der Waals surface area contributed by atoms with Gasteiger partial charge in [-0.1, -0.05) is 11.6 Å². The zero-order chi connectivity index (χ0) is 10.8. The number of rotatable bonds is 2. The Bertz CT molecular complexity index is 352. The summed E-state index contributed by atoms with van der Waals surface area (Å²) in [5.74, 6) is 0.0623. The SMILES string of the molecule is O=C(c1cc(Br)c(Cl)s1)C1CCCCO1. The highest BCUT2D eigenvalue weighted by atomic mass is 79.9. The van der Waals surface area contributed by atoms with Gasteiger partial charge in [-0.15, -0.1) is 11.3 Å². The van der Waals surface area contributed by atoms with Crippen LogP contribution in [-0.2, 0) is 4.74 Å². The molecule has 15 heavy (non-hydrogen) atoms. The van der Waals surface area contributed by atoms with Crippen LogP contribution in [0.25, 0.3) is 0 Å². The first kappa shape index (κ1) is 11.6. The molecule has 0 spiro atoms. The first-order valence-electron chi connectivity index (χ1n) is 4.79. The number of ketones is 1. The van der Waals surface area contributed by atoms with Gasteiger partial charge in [0.05, 0.1) is 4.88 Å². The highest BCUT2D eigenvalue weighted by molar-refractivity contribution is 9.10. The van der Waals surface area contributed by atoms with Gasteiger partial charge in [-0.25, -0.2) is 0 Å². The van der Waals surface area contributed by atoms with E-state index in [2.05, 4.69) is 15.9 Å². The largest absolute Gasteiger partial charge is 0.370 e. The van der Waals surface area contributed by atoms with Crippen molar-refractivity contribution in [3.8, 4) is 0 Å². The van der Waals surface area contributed by atoms with Gasteiger partial charge in [-0.3, -0.25) is 4.79 Å². The molecule has 0 N–H and O–H groups in total. The summed E-state index contributed by atoms with van der Waals surface area (Å²) in [5.41, 5.74) is 0. The van der Waals surface area contributed by atoms with Crippen molar-refractivity contribution in [3.05, 3.63) is 19.8 Å². The summed E-state index contributed by atoms with van der Waals surface area (Å²) in [5, 5.41) is 0. The van der Waals surface area contributed by atoms with Crippen LogP contribution in [0.5, 0.6) is 0 Å². The number of thiophene rings is 1. The zero-order valence-electron chi connectivity index (χ0n) is 7.96. The van der Waals surface area contributed by atoms with Crippen molar-refractivity contribution in [1.82, 2.24) is 0 Å². The second-order valence-corrected chi connectivity index (χ2v) is 5.96. The molecule has 1 atom stereocenters. The predicted molar refractivity (Wildman–Crippen MR) is 65.0 cm³/mol. The van der Waals surface area contributed by atoms with E-state index in [0.29, 0.717) is 15.8 Å². The molecule has 1 aromatic rings. The molecule has 1 fully saturated rings. The molecular weight excluding hydrogens is 300 g/mol. The van der Waals surface area contributed by atoms with Crippen LogP contribution in [0.4, 0.5) is 0 Å². The molecule has 2 rings (SSSR count). The Morgan fingerprint density at radius 3 is 2.93 bits per heavy atom. The number of Topliss-reactive ketones (excluding diaryl/α,β-unsaturated/α-hetero) is 1. The number of hydrogen-bond acceptors (Lipinski definition) is 3. The van der Waals surface area contributed by atoms with Crippen molar-refractivity contribution in [3.63, 3.8) is 0 Å². The maximum absolute atomic E-state index is 12.0. The lowest BCUT2D eigenvalue weighted by Crippen LogP contribution is -2.27. The molecule has 1 aliphatic heterocycles. The molecule has 2 heterocycles. The summed E-state index contributed by atoms with van der Waals surface area (Å²) in [6.07, 6.45) is 2.68. The van der Waals surface area contributed by atoms with Crippen molar-refractivity contribution in [2.45, 2.75) is 25.4 Å². The topological polar surface area (TPSA) is 26.3 Å². The maximum Gasteiger partial charge on any atom is 0.201 e. The normalized spacial score (nSPS) is 21.6. The molecule has 0 saturated carbocycles. The summed E-state index contributed by atoms with van der Waals surface area (Å²) < 4.78 is 6.85. The van der Waals surface area contributed by atoms with Crippen LogP contribution in [0, 0.1) is 0 Å². The number of carbonyl (C=O) groups excluding carboxylic acids is 1. The van der Waals surface area contributed by atoms with Crippen molar-refractivity contribution in [1.29, 1.82) is 0 Å². The van der Waals surface area contributed by atoms with Gasteiger partial charge in [0.15, 0.2) is 0 Å². The number of carbonyl (C=O) groups is 1. The monoisotopic (exact) mass is 308 g/mol. The van der Waals surface area contributed by atoms with Crippen LogP contribution < -0.4 is 0 Å². The van der Waals surface area contributed by atoms with E-state index in [0.717, 1.165) is 23.7 Å². The molecule has 1 saturated heterocycles. The average Bonchev–Trinajstić information content (AvgIpc) is 2.59. The van der Waals surface area contributed by atoms with Crippen molar-refractivity contribution in [2.75, 3.05) is 6.61 Å². The molecule has 82 valence electrons. The van der Waals surface area contributed by atoms with E-state index >= 15 is 0 Å². The van der Waals surface area contributed by atoms with Gasteiger partial charge in [0, 0.05) is 11.1 Å². The van der Waals surface area contributed by atoms with Gasteiger partial charge < -0.3 is 4.74 Å². The highest BCUT2D eigenvalue weighted by Gasteiger charge is 2.25. The lowest BCUT2D eigenvalue weighted by molar-refractivity contribution is 0.0189. The molecule has 1 aliphatic rings. The van der Waals surface area contributed by atoms with E-state index in [4.69, 9.17) is 16.3 Å². The number of halogens is 2. The summed E-state index contributed by atoms with van der Waals surface area (Å²) in [7, 11) is 0. The summed E-state index contributed by atoms with van der Waals surface area (Å²) >= 11 is 10.5. The summed E-state index contributed by atoms with van der Waals surface area (Å²) in [6, 6.07) is 1.77. The predicted octanol–water partition coefficient (Wildman–Crippen LogP) is 3.92. The Morgan fingerprint density at radius 2 is 2.40 bits per heavy atom. The van der Waals surface area contributed by atoms with E-state index in [1.54, 1.807) is 6.07 Å². The minimum Gasteiger partial charge on any atom is -0.370 e. The van der Waals surface area contributed by atoms with E-state index < -0.39 is 0 Å². The summed E-state index contributed by atoms with van der Waals surface area (Å²) in [6.45, 7) is 0.691. The fourth-order valence-corrected chi connectivity index (χ4v) is 3.26. The van der Waals surface area contributed by atoms with E-state index in [1.165, 1.54) is 11.3 Å². The van der Waals surface area contributed by atoms with Gasteiger partial charge >= 0.3 is 0 Å². The molecular formula is C10H10BrClO2S. The van der Waals surface area contributed by atoms with Crippen LogP contribution in [0.15, 0.2) is 10.5 Å². The molecule has 0 aromatic carbocycles. The Balaban J connectivity index is 2.12. The van der Waals surface area contributed by atoms with Gasteiger partial charge in [-0.2, -0.15) is 0 Å². The van der Waals surface area contributed by atoms with Gasteiger partial charge in [0.25, 0.3) is 0 Å².